The highest BCUT2D eigenvalue weighted by molar-refractivity contribution is 5.45. The van der Waals surface area contributed by atoms with Crippen LogP contribution < -0.4 is 10.5 Å². The molecule has 20 heavy (non-hydrogen) atoms. The maximum atomic E-state index is 12.7. The van der Waals surface area contributed by atoms with E-state index in [4.69, 9.17) is 10.5 Å². The highest BCUT2D eigenvalue weighted by Crippen LogP contribution is 2.33. The molecule has 2 N–H and O–H groups in total. The van der Waals surface area contributed by atoms with Crippen molar-refractivity contribution in [3.8, 4) is 5.75 Å². The van der Waals surface area contributed by atoms with Crippen LogP contribution in [0.5, 0.6) is 5.75 Å². The Morgan fingerprint density at radius 3 is 2.80 bits per heavy atom. The Labute approximate surface area is 113 Å². The Morgan fingerprint density at radius 1 is 1.35 bits per heavy atom. The van der Waals surface area contributed by atoms with Crippen molar-refractivity contribution in [2.45, 2.75) is 24.8 Å². The van der Waals surface area contributed by atoms with E-state index in [0.717, 1.165) is 12.0 Å². The summed E-state index contributed by atoms with van der Waals surface area (Å²) in [4.78, 5) is 0. The number of benzene rings is 1. The van der Waals surface area contributed by atoms with Crippen LogP contribution in [0, 0.1) is 0 Å². The SMILES string of the molecule is NC(COCC(F)(F)C(F)F)c1cccc2c1OCC2. The second-order valence-corrected chi connectivity index (χ2v) is 4.62. The minimum Gasteiger partial charge on any atom is -0.493 e. The van der Waals surface area contributed by atoms with Gasteiger partial charge in [0.25, 0.3) is 0 Å². The predicted molar refractivity (Wildman–Crippen MR) is 64.3 cm³/mol. The standard InChI is InChI=1S/C13H15F4NO2/c14-12(15)13(16,17)7-19-6-10(18)9-3-1-2-8-4-5-20-11(8)9/h1-3,10,12H,4-7,18H2. The van der Waals surface area contributed by atoms with Crippen molar-refractivity contribution in [3.63, 3.8) is 0 Å². The second kappa shape index (κ2) is 5.97. The van der Waals surface area contributed by atoms with E-state index >= 15 is 0 Å². The fourth-order valence-electron chi connectivity index (χ4n) is 2.01. The van der Waals surface area contributed by atoms with Crippen molar-refractivity contribution in [1.82, 2.24) is 0 Å². The Balaban J connectivity index is 1.93. The number of fused-ring (bicyclic) bond motifs is 1. The van der Waals surface area contributed by atoms with Crippen LogP contribution in [-0.4, -0.2) is 32.2 Å². The number of rotatable bonds is 6. The molecule has 1 aliphatic rings. The zero-order valence-electron chi connectivity index (χ0n) is 10.6. The fraction of sp³-hybridized carbons (Fsp3) is 0.538. The maximum absolute atomic E-state index is 12.7. The quantitative estimate of drug-likeness (QED) is 0.820. The fourth-order valence-corrected chi connectivity index (χ4v) is 2.01. The summed E-state index contributed by atoms with van der Waals surface area (Å²) in [6.07, 6.45) is -2.98. The normalized spacial score (nSPS) is 16.1. The molecule has 1 heterocycles. The van der Waals surface area contributed by atoms with Crippen molar-refractivity contribution in [3.05, 3.63) is 29.3 Å². The summed E-state index contributed by atoms with van der Waals surface area (Å²) in [7, 11) is 0. The average molecular weight is 293 g/mol. The van der Waals surface area contributed by atoms with Crippen LogP contribution >= 0.6 is 0 Å². The van der Waals surface area contributed by atoms with E-state index in [0.29, 0.717) is 17.9 Å². The first-order valence-corrected chi connectivity index (χ1v) is 6.15. The molecule has 1 unspecified atom stereocenters. The first-order valence-electron chi connectivity index (χ1n) is 6.15. The molecular weight excluding hydrogens is 278 g/mol. The molecule has 0 bridgehead atoms. The first kappa shape index (κ1) is 15.1. The Kier molecular flexibility index (Phi) is 4.49. The number of halogens is 4. The maximum Gasteiger partial charge on any atom is 0.330 e. The molecule has 1 aliphatic heterocycles. The van der Waals surface area contributed by atoms with Crippen molar-refractivity contribution in [1.29, 1.82) is 0 Å². The number of hydrogen-bond donors (Lipinski definition) is 1. The van der Waals surface area contributed by atoms with Gasteiger partial charge < -0.3 is 15.2 Å². The van der Waals surface area contributed by atoms with Gasteiger partial charge in [0.1, 0.15) is 12.4 Å². The highest BCUT2D eigenvalue weighted by atomic mass is 19.3. The minimum atomic E-state index is -4.16. The van der Waals surface area contributed by atoms with Gasteiger partial charge in [-0.2, -0.15) is 8.78 Å². The van der Waals surface area contributed by atoms with Gasteiger partial charge in [0.05, 0.1) is 19.3 Å². The van der Waals surface area contributed by atoms with Gasteiger partial charge in [-0.15, -0.1) is 0 Å². The van der Waals surface area contributed by atoms with Crippen LogP contribution in [0.15, 0.2) is 18.2 Å². The van der Waals surface area contributed by atoms with E-state index in [2.05, 4.69) is 4.74 Å². The number of ether oxygens (including phenoxy) is 2. The third-order valence-electron chi connectivity index (χ3n) is 3.06. The summed E-state index contributed by atoms with van der Waals surface area (Å²) >= 11 is 0. The zero-order valence-corrected chi connectivity index (χ0v) is 10.6. The summed E-state index contributed by atoms with van der Waals surface area (Å²) in [5.41, 5.74) is 7.47. The summed E-state index contributed by atoms with van der Waals surface area (Å²) in [5.74, 6) is -3.52. The molecule has 112 valence electrons. The molecule has 7 heteroatoms. The predicted octanol–water partition coefficient (Wildman–Crippen LogP) is 2.54. The lowest BCUT2D eigenvalue weighted by Crippen LogP contribution is -2.33. The van der Waals surface area contributed by atoms with Crippen LogP contribution in [0.1, 0.15) is 17.2 Å². The zero-order chi connectivity index (χ0) is 14.8. The Bertz CT molecular complexity index is 468. The van der Waals surface area contributed by atoms with Crippen LogP contribution in [-0.2, 0) is 11.2 Å². The van der Waals surface area contributed by atoms with Crippen LogP contribution in [0.25, 0.3) is 0 Å². The van der Waals surface area contributed by atoms with Gasteiger partial charge in [-0.25, -0.2) is 8.78 Å². The lowest BCUT2D eigenvalue weighted by molar-refractivity contribution is -0.166. The van der Waals surface area contributed by atoms with E-state index < -0.39 is 25.0 Å². The molecular formula is C13H15F4NO2. The van der Waals surface area contributed by atoms with Gasteiger partial charge in [-0.05, 0) is 5.56 Å². The van der Waals surface area contributed by atoms with Crippen LogP contribution in [0.2, 0.25) is 0 Å². The lowest BCUT2D eigenvalue weighted by atomic mass is 10.0. The molecule has 0 saturated heterocycles. The molecule has 0 saturated carbocycles. The molecule has 0 radical (unpaired) electrons. The van der Waals surface area contributed by atoms with Gasteiger partial charge in [0, 0.05) is 12.0 Å². The number of para-hydroxylation sites is 1. The summed E-state index contributed by atoms with van der Waals surface area (Å²) in [6.45, 7) is -1.08. The number of nitrogens with two attached hydrogens (primary N) is 1. The molecule has 0 aliphatic carbocycles. The third kappa shape index (κ3) is 3.21. The van der Waals surface area contributed by atoms with E-state index in [9.17, 15) is 17.6 Å². The third-order valence-corrected chi connectivity index (χ3v) is 3.06. The van der Waals surface area contributed by atoms with Gasteiger partial charge in [-0.3, -0.25) is 0 Å². The Morgan fingerprint density at radius 2 is 2.10 bits per heavy atom. The highest BCUT2D eigenvalue weighted by Gasteiger charge is 2.41. The number of alkyl halides is 4. The summed E-state index contributed by atoms with van der Waals surface area (Å²) in [6, 6.07) is 4.70. The van der Waals surface area contributed by atoms with Crippen molar-refractivity contribution < 1.29 is 27.0 Å². The molecule has 0 fully saturated rings. The van der Waals surface area contributed by atoms with E-state index in [1.165, 1.54) is 0 Å². The van der Waals surface area contributed by atoms with Gasteiger partial charge in [0.15, 0.2) is 0 Å². The summed E-state index contributed by atoms with van der Waals surface area (Å²) in [5, 5.41) is 0. The molecule has 3 nitrogen and oxygen atoms in total. The monoisotopic (exact) mass is 293 g/mol. The largest absolute Gasteiger partial charge is 0.493 e. The van der Waals surface area contributed by atoms with E-state index in [-0.39, 0.29) is 6.61 Å². The van der Waals surface area contributed by atoms with Crippen molar-refractivity contribution in [2.75, 3.05) is 19.8 Å². The van der Waals surface area contributed by atoms with E-state index in [1.54, 1.807) is 12.1 Å². The first-order chi connectivity index (χ1) is 9.42. The molecule has 0 spiro atoms. The average Bonchev–Trinajstić information content (AvgIpc) is 2.86. The molecule has 2 rings (SSSR count). The van der Waals surface area contributed by atoms with Crippen LogP contribution in [0.3, 0.4) is 0 Å². The van der Waals surface area contributed by atoms with Gasteiger partial charge >= 0.3 is 12.3 Å². The van der Waals surface area contributed by atoms with Crippen molar-refractivity contribution in [2.24, 2.45) is 5.73 Å². The smallest absolute Gasteiger partial charge is 0.330 e. The van der Waals surface area contributed by atoms with Crippen molar-refractivity contribution >= 4 is 0 Å². The Hall–Kier alpha value is -1.34. The van der Waals surface area contributed by atoms with Gasteiger partial charge in [0.2, 0.25) is 0 Å². The van der Waals surface area contributed by atoms with E-state index in [1.807, 2.05) is 6.07 Å². The summed E-state index contributed by atoms with van der Waals surface area (Å²) < 4.78 is 59.3. The topological polar surface area (TPSA) is 44.5 Å². The lowest BCUT2D eigenvalue weighted by Gasteiger charge is -2.19. The molecule has 1 aromatic carbocycles. The molecule has 1 aromatic rings. The second-order valence-electron chi connectivity index (χ2n) is 4.62. The number of hydrogen-bond acceptors (Lipinski definition) is 3. The van der Waals surface area contributed by atoms with Crippen LogP contribution in [0.4, 0.5) is 17.6 Å². The molecule has 1 atom stereocenters. The van der Waals surface area contributed by atoms with Gasteiger partial charge in [-0.1, -0.05) is 18.2 Å². The molecule has 0 amide bonds. The minimum absolute atomic E-state index is 0.276. The molecule has 0 aromatic heterocycles.